The lowest BCUT2D eigenvalue weighted by Gasteiger charge is -2.23. The van der Waals surface area contributed by atoms with Crippen molar-refractivity contribution in [3.8, 4) is 0 Å². The third kappa shape index (κ3) is 6.69. The van der Waals surface area contributed by atoms with E-state index in [1.54, 1.807) is 47.5 Å². The Bertz CT molecular complexity index is 1100. The van der Waals surface area contributed by atoms with Gasteiger partial charge in [0.1, 0.15) is 5.69 Å². The SMILES string of the molecule is CN(C)c1ccc(NC(=O)N(CCCO)Cc2ccc(C(=O)Nc3ccccc3N)nc2)cc1. The molecular weight excluding hydrogens is 432 g/mol. The normalized spacial score (nSPS) is 10.4. The van der Waals surface area contributed by atoms with Crippen LogP contribution in [0.4, 0.5) is 27.5 Å². The maximum atomic E-state index is 12.9. The molecule has 3 rings (SSSR count). The van der Waals surface area contributed by atoms with E-state index in [2.05, 4.69) is 15.6 Å². The predicted octanol–water partition coefficient (Wildman–Crippen LogP) is 3.40. The zero-order valence-electron chi connectivity index (χ0n) is 19.4. The van der Waals surface area contributed by atoms with Crippen LogP contribution in [-0.4, -0.2) is 54.2 Å². The molecule has 0 aliphatic heterocycles. The van der Waals surface area contributed by atoms with Gasteiger partial charge in [0.15, 0.2) is 0 Å². The summed E-state index contributed by atoms with van der Waals surface area (Å²) in [4.78, 5) is 33.2. The van der Waals surface area contributed by atoms with Gasteiger partial charge in [0, 0.05) is 51.4 Å². The van der Waals surface area contributed by atoms with Gasteiger partial charge in [0.2, 0.25) is 0 Å². The molecule has 0 unspecified atom stereocenters. The average Bonchev–Trinajstić information content (AvgIpc) is 2.83. The van der Waals surface area contributed by atoms with Crippen molar-refractivity contribution in [3.05, 3.63) is 78.1 Å². The Morgan fingerprint density at radius 3 is 2.35 bits per heavy atom. The molecular formula is C25H30N6O3. The Labute approximate surface area is 199 Å². The minimum absolute atomic E-state index is 0.0265. The number of carbonyl (C=O) groups is 2. The zero-order valence-corrected chi connectivity index (χ0v) is 19.4. The molecule has 1 aromatic heterocycles. The van der Waals surface area contributed by atoms with E-state index in [1.807, 2.05) is 43.3 Å². The topological polar surface area (TPSA) is 124 Å². The molecule has 0 bridgehead atoms. The molecule has 34 heavy (non-hydrogen) atoms. The molecule has 0 aliphatic carbocycles. The van der Waals surface area contributed by atoms with Crippen molar-refractivity contribution < 1.29 is 14.7 Å². The monoisotopic (exact) mass is 462 g/mol. The number of nitrogen functional groups attached to an aromatic ring is 1. The van der Waals surface area contributed by atoms with Crippen molar-refractivity contribution in [2.24, 2.45) is 0 Å². The molecule has 0 spiro atoms. The third-order valence-electron chi connectivity index (χ3n) is 5.15. The summed E-state index contributed by atoms with van der Waals surface area (Å²) in [6.45, 7) is 0.622. The highest BCUT2D eigenvalue weighted by atomic mass is 16.3. The molecule has 9 nitrogen and oxygen atoms in total. The van der Waals surface area contributed by atoms with Gasteiger partial charge in [-0.05, 0) is 54.4 Å². The largest absolute Gasteiger partial charge is 0.397 e. The van der Waals surface area contributed by atoms with Gasteiger partial charge in [-0.2, -0.15) is 0 Å². The van der Waals surface area contributed by atoms with Crippen LogP contribution >= 0.6 is 0 Å². The molecule has 1 heterocycles. The molecule has 0 fully saturated rings. The van der Waals surface area contributed by atoms with Gasteiger partial charge >= 0.3 is 6.03 Å². The minimum atomic E-state index is -0.375. The molecule has 9 heteroatoms. The van der Waals surface area contributed by atoms with Crippen molar-refractivity contribution in [1.82, 2.24) is 9.88 Å². The second kappa shape index (κ2) is 11.7. The second-order valence-corrected chi connectivity index (χ2v) is 7.96. The zero-order chi connectivity index (χ0) is 24.5. The lowest BCUT2D eigenvalue weighted by atomic mass is 10.2. The number of anilines is 4. The first-order valence-corrected chi connectivity index (χ1v) is 10.9. The van der Waals surface area contributed by atoms with E-state index in [0.717, 1.165) is 11.3 Å². The Balaban J connectivity index is 1.65. The number of hydrogen-bond donors (Lipinski definition) is 4. The van der Waals surface area contributed by atoms with Gasteiger partial charge < -0.3 is 31.3 Å². The standard InChI is InChI=1S/C25H30N6O3/c1-30(2)20-11-9-19(10-12-20)28-25(34)31(14-5-15-32)17-18-8-13-23(27-16-18)24(33)29-22-7-4-3-6-21(22)26/h3-4,6-13,16,32H,5,14-15,17,26H2,1-2H3,(H,28,34)(H,29,33). The van der Waals surface area contributed by atoms with Crippen molar-refractivity contribution in [2.75, 3.05) is 48.5 Å². The maximum Gasteiger partial charge on any atom is 0.322 e. The summed E-state index contributed by atoms with van der Waals surface area (Å²) in [6.07, 6.45) is 2.01. The Morgan fingerprint density at radius 2 is 1.74 bits per heavy atom. The molecule has 0 atom stereocenters. The summed E-state index contributed by atoms with van der Waals surface area (Å²) in [7, 11) is 3.90. The number of aliphatic hydroxyl groups excluding tert-OH is 1. The first-order chi connectivity index (χ1) is 16.4. The Kier molecular flexibility index (Phi) is 8.42. The van der Waals surface area contributed by atoms with Gasteiger partial charge in [-0.1, -0.05) is 18.2 Å². The van der Waals surface area contributed by atoms with E-state index in [-0.39, 0.29) is 30.8 Å². The number of nitrogens with two attached hydrogens (primary N) is 1. The van der Waals surface area contributed by atoms with Gasteiger partial charge in [-0.15, -0.1) is 0 Å². The number of para-hydroxylation sites is 2. The summed E-state index contributed by atoms with van der Waals surface area (Å²) < 4.78 is 0. The highest BCUT2D eigenvalue weighted by molar-refractivity contribution is 6.04. The number of benzene rings is 2. The van der Waals surface area contributed by atoms with Crippen LogP contribution in [-0.2, 0) is 6.54 Å². The van der Waals surface area contributed by atoms with E-state index in [1.165, 1.54) is 0 Å². The highest BCUT2D eigenvalue weighted by Gasteiger charge is 2.15. The number of urea groups is 1. The molecule has 0 radical (unpaired) electrons. The van der Waals surface area contributed by atoms with E-state index >= 15 is 0 Å². The van der Waals surface area contributed by atoms with Gasteiger partial charge in [0.25, 0.3) is 5.91 Å². The molecule has 5 N–H and O–H groups in total. The summed E-state index contributed by atoms with van der Waals surface area (Å²) in [6, 6.07) is 17.6. The first-order valence-electron chi connectivity index (χ1n) is 10.9. The number of aromatic nitrogens is 1. The van der Waals surface area contributed by atoms with Crippen LogP contribution in [0.25, 0.3) is 0 Å². The fourth-order valence-electron chi connectivity index (χ4n) is 3.23. The van der Waals surface area contributed by atoms with Crippen molar-refractivity contribution in [1.29, 1.82) is 0 Å². The smallest absolute Gasteiger partial charge is 0.322 e. The lowest BCUT2D eigenvalue weighted by Crippen LogP contribution is -2.35. The number of nitrogens with one attached hydrogen (secondary N) is 2. The van der Waals surface area contributed by atoms with Crippen molar-refractivity contribution in [2.45, 2.75) is 13.0 Å². The second-order valence-electron chi connectivity index (χ2n) is 7.96. The molecule has 3 amide bonds. The van der Waals surface area contributed by atoms with Gasteiger partial charge in [-0.3, -0.25) is 9.78 Å². The van der Waals surface area contributed by atoms with Crippen LogP contribution in [0.1, 0.15) is 22.5 Å². The van der Waals surface area contributed by atoms with E-state index in [9.17, 15) is 14.7 Å². The number of aliphatic hydroxyl groups is 1. The van der Waals surface area contributed by atoms with Crippen LogP contribution in [0, 0.1) is 0 Å². The summed E-state index contributed by atoms with van der Waals surface area (Å²) >= 11 is 0. The number of rotatable bonds is 9. The van der Waals surface area contributed by atoms with Crippen LogP contribution in [0.2, 0.25) is 0 Å². The molecule has 3 aromatic rings. The average molecular weight is 463 g/mol. The van der Waals surface area contributed by atoms with Crippen LogP contribution < -0.4 is 21.3 Å². The molecule has 178 valence electrons. The maximum absolute atomic E-state index is 12.9. The van der Waals surface area contributed by atoms with E-state index < -0.39 is 0 Å². The van der Waals surface area contributed by atoms with Gasteiger partial charge in [0.05, 0.1) is 11.4 Å². The number of amides is 3. The number of carbonyl (C=O) groups excluding carboxylic acids is 2. The van der Waals surface area contributed by atoms with Crippen LogP contribution in [0.5, 0.6) is 0 Å². The molecule has 0 saturated heterocycles. The summed E-state index contributed by atoms with van der Waals surface area (Å²) in [5.41, 5.74) is 9.55. The van der Waals surface area contributed by atoms with Crippen molar-refractivity contribution in [3.63, 3.8) is 0 Å². The molecule has 0 aliphatic rings. The predicted molar refractivity (Wildman–Crippen MR) is 135 cm³/mol. The van der Waals surface area contributed by atoms with E-state index in [0.29, 0.717) is 30.0 Å². The Morgan fingerprint density at radius 1 is 1.00 bits per heavy atom. The Hall–Kier alpha value is -4.11. The molecule has 2 aromatic carbocycles. The van der Waals surface area contributed by atoms with Crippen molar-refractivity contribution >= 4 is 34.7 Å². The fourth-order valence-corrected chi connectivity index (χ4v) is 3.23. The molecule has 0 saturated carbocycles. The number of hydrogen-bond acceptors (Lipinski definition) is 6. The minimum Gasteiger partial charge on any atom is -0.397 e. The fraction of sp³-hybridized carbons (Fsp3) is 0.240. The number of nitrogens with zero attached hydrogens (tertiary/aromatic N) is 3. The third-order valence-corrected chi connectivity index (χ3v) is 5.15. The lowest BCUT2D eigenvalue weighted by molar-refractivity contribution is 0.102. The van der Waals surface area contributed by atoms with Crippen LogP contribution in [0.3, 0.4) is 0 Å². The summed E-state index contributed by atoms with van der Waals surface area (Å²) in [5.74, 6) is -0.375. The van der Waals surface area contributed by atoms with Crippen LogP contribution in [0.15, 0.2) is 66.9 Å². The quantitative estimate of drug-likeness (QED) is 0.361. The first kappa shape index (κ1) is 24.5. The highest BCUT2D eigenvalue weighted by Crippen LogP contribution is 2.18. The van der Waals surface area contributed by atoms with E-state index in [4.69, 9.17) is 5.73 Å². The summed E-state index contributed by atoms with van der Waals surface area (Å²) in [5, 5.41) is 14.9. The number of pyridine rings is 1. The van der Waals surface area contributed by atoms with Gasteiger partial charge in [-0.25, -0.2) is 4.79 Å².